The molecule has 1 aromatic heterocycles. The Labute approximate surface area is 102 Å². The molecule has 1 aromatic carbocycles. The fourth-order valence-corrected chi connectivity index (χ4v) is 1.75. The van der Waals surface area contributed by atoms with E-state index in [4.69, 9.17) is 16.0 Å². The van der Waals surface area contributed by atoms with Crippen LogP contribution in [0.1, 0.15) is 5.56 Å². The molecule has 1 unspecified atom stereocenters. The first-order valence-electron chi connectivity index (χ1n) is 5.37. The smallest absolute Gasteiger partial charge is 0.408 e. The maximum Gasteiger partial charge on any atom is 0.419 e. The minimum absolute atomic E-state index is 0.332. The molecule has 96 valence electrons. The number of hydrogen-bond donors (Lipinski definition) is 3. The van der Waals surface area contributed by atoms with E-state index in [2.05, 4.69) is 0 Å². The van der Waals surface area contributed by atoms with Gasteiger partial charge in [-0.2, -0.15) is 0 Å². The maximum absolute atomic E-state index is 11.3. The van der Waals surface area contributed by atoms with Gasteiger partial charge >= 0.3 is 5.76 Å². The molecule has 2 aromatic rings. The van der Waals surface area contributed by atoms with E-state index in [0.29, 0.717) is 17.5 Å². The lowest BCUT2D eigenvalue weighted by molar-refractivity contribution is -0.122. The molecule has 2 rings (SSSR count). The zero-order valence-corrected chi connectivity index (χ0v) is 9.84. The summed E-state index contributed by atoms with van der Waals surface area (Å²) in [6.07, 6.45) is 0.332. The maximum atomic E-state index is 11.3. The second kappa shape index (κ2) is 4.63. The van der Waals surface area contributed by atoms with Gasteiger partial charge in [0.15, 0.2) is 5.58 Å². The number of nitrogens with one attached hydrogen (secondary N) is 1. The van der Waals surface area contributed by atoms with Crippen LogP contribution in [0.25, 0.3) is 11.1 Å². The summed E-state index contributed by atoms with van der Waals surface area (Å²) in [6.45, 7) is 0. The molecular formula is C11H14N4O3. The van der Waals surface area contributed by atoms with Gasteiger partial charge in [-0.15, -0.1) is 0 Å². The van der Waals surface area contributed by atoms with E-state index < -0.39 is 17.7 Å². The molecule has 1 amide bonds. The lowest BCUT2D eigenvalue weighted by Crippen LogP contribution is -2.45. The van der Waals surface area contributed by atoms with E-state index in [1.165, 1.54) is 4.57 Å². The van der Waals surface area contributed by atoms with Gasteiger partial charge in [0.1, 0.15) is 0 Å². The van der Waals surface area contributed by atoms with Crippen molar-refractivity contribution in [1.29, 1.82) is 0 Å². The van der Waals surface area contributed by atoms with Gasteiger partial charge in [-0.05, 0) is 24.1 Å². The van der Waals surface area contributed by atoms with E-state index in [-0.39, 0.29) is 0 Å². The van der Waals surface area contributed by atoms with Crippen LogP contribution in [0.3, 0.4) is 0 Å². The van der Waals surface area contributed by atoms with E-state index >= 15 is 0 Å². The second-order valence-electron chi connectivity index (χ2n) is 4.05. The minimum Gasteiger partial charge on any atom is -0.408 e. The number of carbonyl (C=O) groups excluding carboxylic acids is 1. The number of aromatic nitrogens is 1. The average molecular weight is 250 g/mol. The molecule has 7 nitrogen and oxygen atoms in total. The zero-order chi connectivity index (χ0) is 13.3. The number of oxazole rings is 1. The average Bonchev–Trinajstić information content (AvgIpc) is 2.64. The van der Waals surface area contributed by atoms with Gasteiger partial charge < -0.3 is 10.2 Å². The first-order valence-corrected chi connectivity index (χ1v) is 5.37. The molecule has 0 fully saturated rings. The van der Waals surface area contributed by atoms with Gasteiger partial charge in [-0.3, -0.25) is 14.8 Å². The molecular weight excluding hydrogens is 236 g/mol. The van der Waals surface area contributed by atoms with Gasteiger partial charge in [-0.25, -0.2) is 10.6 Å². The fraction of sp³-hybridized carbons (Fsp3) is 0.273. The number of hydrogen-bond acceptors (Lipinski definition) is 5. The Morgan fingerprint density at radius 1 is 1.56 bits per heavy atom. The van der Waals surface area contributed by atoms with Crippen LogP contribution >= 0.6 is 0 Å². The number of aryl methyl sites for hydroxylation is 1. The van der Waals surface area contributed by atoms with Crippen LogP contribution < -0.4 is 22.8 Å². The van der Waals surface area contributed by atoms with Crippen LogP contribution in [-0.2, 0) is 18.3 Å². The third kappa shape index (κ3) is 2.13. The molecule has 0 spiro atoms. The van der Waals surface area contributed by atoms with Crippen LogP contribution in [0.15, 0.2) is 27.4 Å². The summed E-state index contributed by atoms with van der Waals surface area (Å²) in [5.41, 5.74) is 9.66. The quantitative estimate of drug-likeness (QED) is 0.366. The van der Waals surface area contributed by atoms with E-state index in [9.17, 15) is 9.59 Å². The molecule has 1 atom stereocenters. The van der Waals surface area contributed by atoms with Crippen molar-refractivity contribution >= 4 is 17.0 Å². The van der Waals surface area contributed by atoms with Crippen molar-refractivity contribution in [3.8, 4) is 0 Å². The third-order valence-electron chi connectivity index (χ3n) is 2.79. The fourth-order valence-electron chi connectivity index (χ4n) is 1.75. The minimum atomic E-state index is -0.726. The van der Waals surface area contributed by atoms with Crippen LogP contribution in [0, 0.1) is 0 Å². The summed E-state index contributed by atoms with van der Waals surface area (Å²) in [5, 5.41) is 0. The highest BCUT2D eigenvalue weighted by Crippen LogP contribution is 2.15. The topological polar surface area (TPSA) is 116 Å². The van der Waals surface area contributed by atoms with Crippen LogP contribution in [0.4, 0.5) is 0 Å². The van der Waals surface area contributed by atoms with Gasteiger partial charge in [0.25, 0.3) is 5.91 Å². The number of nitrogens with two attached hydrogens (primary N) is 2. The highest BCUT2D eigenvalue weighted by molar-refractivity contribution is 5.81. The number of carbonyl (C=O) groups is 1. The Bertz CT molecular complexity index is 643. The first-order chi connectivity index (χ1) is 8.52. The molecule has 0 aliphatic carbocycles. The summed E-state index contributed by atoms with van der Waals surface area (Å²) in [4.78, 5) is 22.5. The van der Waals surface area contributed by atoms with Crippen molar-refractivity contribution in [2.75, 3.05) is 0 Å². The molecule has 18 heavy (non-hydrogen) atoms. The van der Waals surface area contributed by atoms with Crippen LogP contribution in [-0.4, -0.2) is 16.5 Å². The normalized spacial score (nSPS) is 12.6. The zero-order valence-electron chi connectivity index (χ0n) is 9.84. The highest BCUT2D eigenvalue weighted by Gasteiger charge is 2.14. The Hall–Kier alpha value is -2.12. The van der Waals surface area contributed by atoms with E-state index in [1.807, 2.05) is 5.43 Å². The first kappa shape index (κ1) is 12.3. The molecule has 0 bridgehead atoms. The number of benzene rings is 1. The van der Waals surface area contributed by atoms with Crippen molar-refractivity contribution < 1.29 is 9.21 Å². The number of rotatable bonds is 3. The van der Waals surface area contributed by atoms with E-state index in [1.54, 1.807) is 25.2 Å². The Balaban J connectivity index is 2.33. The van der Waals surface area contributed by atoms with Crippen molar-refractivity contribution in [1.82, 2.24) is 9.99 Å². The molecule has 0 saturated carbocycles. The van der Waals surface area contributed by atoms with Gasteiger partial charge in [0.05, 0.1) is 11.6 Å². The standard InChI is InChI=1S/C11H14N4O3/c1-15-8-5-6(4-7(12)10(16)14-13)2-3-9(8)18-11(15)17/h2-3,5,7H,4,12-13H2,1H3,(H,14,16). The van der Waals surface area contributed by atoms with E-state index in [0.717, 1.165) is 5.56 Å². The predicted molar refractivity (Wildman–Crippen MR) is 65.5 cm³/mol. The lowest BCUT2D eigenvalue weighted by Gasteiger charge is -2.09. The molecule has 5 N–H and O–H groups in total. The largest absolute Gasteiger partial charge is 0.419 e. The summed E-state index contributed by atoms with van der Waals surface area (Å²) in [7, 11) is 1.62. The van der Waals surface area contributed by atoms with Crippen molar-refractivity contribution in [2.24, 2.45) is 18.6 Å². The second-order valence-corrected chi connectivity index (χ2v) is 4.05. The molecule has 0 saturated heterocycles. The van der Waals surface area contributed by atoms with Crippen molar-refractivity contribution in [2.45, 2.75) is 12.5 Å². The van der Waals surface area contributed by atoms with Crippen LogP contribution in [0.2, 0.25) is 0 Å². The Kier molecular flexibility index (Phi) is 3.17. The molecule has 7 heteroatoms. The summed E-state index contributed by atoms with van der Waals surface area (Å²) in [5.74, 6) is 4.15. The van der Waals surface area contributed by atoms with Gasteiger partial charge in [-0.1, -0.05) is 6.07 Å². The molecule has 0 radical (unpaired) electrons. The lowest BCUT2D eigenvalue weighted by atomic mass is 10.1. The summed E-state index contributed by atoms with van der Waals surface area (Å²) >= 11 is 0. The molecule has 1 heterocycles. The number of nitrogens with zero attached hydrogens (tertiary/aromatic N) is 1. The third-order valence-corrected chi connectivity index (χ3v) is 2.79. The summed E-state index contributed by atoms with van der Waals surface area (Å²) < 4.78 is 6.40. The number of amides is 1. The van der Waals surface area contributed by atoms with Crippen LogP contribution in [0.5, 0.6) is 0 Å². The number of hydrazine groups is 1. The van der Waals surface area contributed by atoms with Gasteiger partial charge in [0, 0.05) is 7.05 Å². The van der Waals surface area contributed by atoms with Gasteiger partial charge in [0.2, 0.25) is 0 Å². The molecule has 0 aliphatic heterocycles. The highest BCUT2D eigenvalue weighted by atomic mass is 16.4. The number of fused-ring (bicyclic) bond motifs is 1. The Morgan fingerprint density at radius 3 is 2.94 bits per heavy atom. The molecule has 0 aliphatic rings. The van der Waals surface area contributed by atoms with Crippen molar-refractivity contribution in [3.05, 3.63) is 34.3 Å². The predicted octanol–water partition coefficient (Wildman–Crippen LogP) is -1.01. The van der Waals surface area contributed by atoms with Crippen molar-refractivity contribution in [3.63, 3.8) is 0 Å². The summed E-state index contributed by atoms with van der Waals surface area (Å²) in [6, 6.07) is 4.48. The SMILES string of the molecule is Cn1c(=O)oc2ccc(CC(N)C(=O)NN)cc21. The monoisotopic (exact) mass is 250 g/mol. The Morgan fingerprint density at radius 2 is 2.28 bits per heavy atom.